The summed E-state index contributed by atoms with van der Waals surface area (Å²) in [4.78, 5) is 25.5. The van der Waals surface area contributed by atoms with Crippen LogP contribution in [0.3, 0.4) is 0 Å². The van der Waals surface area contributed by atoms with Gasteiger partial charge < -0.3 is 15.7 Å². The van der Waals surface area contributed by atoms with E-state index in [0.29, 0.717) is 19.4 Å². The maximum absolute atomic E-state index is 12.1. The molecule has 1 saturated heterocycles. The molecule has 0 aromatic carbocycles. The van der Waals surface area contributed by atoms with Gasteiger partial charge in [-0.3, -0.25) is 9.69 Å². The van der Waals surface area contributed by atoms with Crippen molar-refractivity contribution in [3.63, 3.8) is 0 Å². The standard InChI is InChI=1S/C13H23N3O3/c17-11(10-16-8-3-6-14-7-9-16)15-13(12(18)19)4-1-2-5-13/h14H,1-10H2,(H,15,17)(H,18,19). The molecule has 0 bridgehead atoms. The van der Waals surface area contributed by atoms with Gasteiger partial charge in [-0.05, 0) is 32.4 Å². The number of carbonyl (C=O) groups excluding carboxylic acids is 1. The Hall–Kier alpha value is -1.14. The van der Waals surface area contributed by atoms with E-state index >= 15 is 0 Å². The molecule has 108 valence electrons. The quantitative estimate of drug-likeness (QED) is 0.658. The van der Waals surface area contributed by atoms with Gasteiger partial charge in [0.15, 0.2) is 0 Å². The van der Waals surface area contributed by atoms with Gasteiger partial charge >= 0.3 is 5.97 Å². The molecule has 2 rings (SSSR count). The lowest BCUT2D eigenvalue weighted by Crippen LogP contribution is -2.55. The number of amides is 1. The molecule has 2 aliphatic rings. The Bertz CT molecular complexity index is 332. The summed E-state index contributed by atoms with van der Waals surface area (Å²) < 4.78 is 0. The third kappa shape index (κ3) is 3.67. The summed E-state index contributed by atoms with van der Waals surface area (Å²) in [7, 11) is 0. The second kappa shape index (κ2) is 6.34. The second-order valence-corrected chi connectivity index (χ2v) is 5.52. The topological polar surface area (TPSA) is 81.7 Å². The lowest BCUT2D eigenvalue weighted by atomic mass is 9.98. The van der Waals surface area contributed by atoms with Crippen LogP contribution in [-0.2, 0) is 9.59 Å². The number of aliphatic carboxylic acids is 1. The van der Waals surface area contributed by atoms with Gasteiger partial charge in [0.25, 0.3) is 0 Å². The summed E-state index contributed by atoms with van der Waals surface area (Å²) in [6.07, 6.45) is 3.88. The minimum absolute atomic E-state index is 0.161. The van der Waals surface area contributed by atoms with Gasteiger partial charge in [-0.2, -0.15) is 0 Å². The maximum atomic E-state index is 12.1. The van der Waals surface area contributed by atoms with Crippen molar-refractivity contribution in [3.8, 4) is 0 Å². The molecule has 0 aromatic heterocycles. The maximum Gasteiger partial charge on any atom is 0.329 e. The summed E-state index contributed by atoms with van der Waals surface area (Å²) in [5, 5.41) is 15.4. The Morgan fingerprint density at radius 2 is 1.89 bits per heavy atom. The molecule has 0 atom stereocenters. The van der Waals surface area contributed by atoms with Gasteiger partial charge in [-0.15, -0.1) is 0 Å². The van der Waals surface area contributed by atoms with Crippen molar-refractivity contribution in [2.24, 2.45) is 0 Å². The van der Waals surface area contributed by atoms with Crippen molar-refractivity contribution in [1.29, 1.82) is 0 Å². The largest absolute Gasteiger partial charge is 0.480 e. The van der Waals surface area contributed by atoms with Gasteiger partial charge in [0.2, 0.25) is 5.91 Å². The molecule has 0 unspecified atom stereocenters. The first-order valence-corrected chi connectivity index (χ1v) is 7.10. The molecule has 6 nitrogen and oxygen atoms in total. The number of carbonyl (C=O) groups is 2. The van der Waals surface area contributed by atoms with Crippen LogP contribution in [0.2, 0.25) is 0 Å². The zero-order chi connectivity index (χ0) is 13.7. The summed E-state index contributed by atoms with van der Waals surface area (Å²) >= 11 is 0. The van der Waals surface area contributed by atoms with Gasteiger partial charge in [0.05, 0.1) is 6.54 Å². The smallest absolute Gasteiger partial charge is 0.329 e. The Labute approximate surface area is 113 Å². The van der Waals surface area contributed by atoms with Crippen molar-refractivity contribution in [2.45, 2.75) is 37.6 Å². The van der Waals surface area contributed by atoms with E-state index in [2.05, 4.69) is 15.5 Å². The Balaban J connectivity index is 1.87. The number of rotatable bonds is 4. The van der Waals surface area contributed by atoms with Crippen LogP contribution in [0.15, 0.2) is 0 Å². The van der Waals surface area contributed by atoms with Gasteiger partial charge in [-0.25, -0.2) is 4.79 Å². The third-order valence-electron chi connectivity index (χ3n) is 4.05. The highest BCUT2D eigenvalue weighted by molar-refractivity contribution is 5.88. The van der Waals surface area contributed by atoms with Crippen LogP contribution in [0.4, 0.5) is 0 Å². The summed E-state index contributed by atoms with van der Waals surface area (Å²) in [5.74, 6) is -1.05. The number of hydrogen-bond donors (Lipinski definition) is 3. The molecular weight excluding hydrogens is 246 g/mol. The van der Waals surface area contributed by atoms with Crippen LogP contribution in [0, 0.1) is 0 Å². The molecule has 1 amide bonds. The second-order valence-electron chi connectivity index (χ2n) is 5.52. The Morgan fingerprint density at radius 1 is 1.16 bits per heavy atom. The lowest BCUT2D eigenvalue weighted by Gasteiger charge is -2.27. The zero-order valence-corrected chi connectivity index (χ0v) is 11.3. The van der Waals surface area contributed by atoms with E-state index in [9.17, 15) is 14.7 Å². The highest BCUT2D eigenvalue weighted by Gasteiger charge is 2.42. The molecule has 1 aliphatic heterocycles. The molecule has 1 saturated carbocycles. The van der Waals surface area contributed by atoms with Gasteiger partial charge in [0.1, 0.15) is 5.54 Å². The van der Waals surface area contributed by atoms with E-state index in [1.165, 1.54) is 0 Å². The number of hydrogen-bond acceptors (Lipinski definition) is 4. The fourth-order valence-electron chi connectivity index (χ4n) is 2.94. The van der Waals surface area contributed by atoms with Crippen LogP contribution in [0.5, 0.6) is 0 Å². The predicted octanol–water partition coefficient (Wildman–Crippen LogP) is -0.205. The van der Waals surface area contributed by atoms with Crippen molar-refractivity contribution >= 4 is 11.9 Å². The highest BCUT2D eigenvalue weighted by atomic mass is 16.4. The third-order valence-corrected chi connectivity index (χ3v) is 4.05. The van der Waals surface area contributed by atoms with Crippen LogP contribution >= 0.6 is 0 Å². The molecule has 0 radical (unpaired) electrons. The summed E-state index contributed by atoms with van der Waals surface area (Å²) in [6.45, 7) is 3.90. The van der Waals surface area contributed by atoms with Crippen molar-refractivity contribution in [2.75, 3.05) is 32.7 Å². The SMILES string of the molecule is O=C(CN1CCCNCC1)NC1(C(=O)O)CCCC1. The van der Waals surface area contributed by atoms with Crippen molar-refractivity contribution in [3.05, 3.63) is 0 Å². The number of nitrogens with zero attached hydrogens (tertiary/aromatic N) is 1. The van der Waals surface area contributed by atoms with E-state index in [0.717, 1.165) is 45.4 Å². The molecule has 6 heteroatoms. The van der Waals surface area contributed by atoms with Crippen LogP contribution in [-0.4, -0.2) is 60.1 Å². The Kier molecular flexibility index (Phi) is 4.76. The minimum atomic E-state index is -1.01. The molecular formula is C13H23N3O3. The van der Waals surface area contributed by atoms with Crippen LogP contribution in [0.25, 0.3) is 0 Å². The number of nitrogens with one attached hydrogen (secondary N) is 2. The lowest BCUT2D eigenvalue weighted by molar-refractivity contribution is -0.147. The number of carboxylic acids is 1. The molecule has 1 heterocycles. The van der Waals surface area contributed by atoms with Crippen LogP contribution in [0.1, 0.15) is 32.1 Å². The van der Waals surface area contributed by atoms with E-state index in [4.69, 9.17) is 0 Å². The fourth-order valence-corrected chi connectivity index (χ4v) is 2.94. The monoisotopic (exact) mass is 269 g/mol. The van der Waals surface area contributed by atoms with E-state index < -0.39 is 11.5 Å². The molecule has 0 aromatic rings. The first-order valence-electron chi connectivity index (χ1n) is 7.10. The zero-order valence-electron chi connectivity index (χ0n) is 11.3. The van der Waals surface area contributed by atoms with Crippen molar-refractivity contribution < 1.29 is 14.7 Å². The van der Waals surface area contributed by atoms with E-state index in [-0.39, 0.29) is 5.91 Å². The summed E-state index contributed by atoms with van der Waals surface area (Å²) in [6, 6.07) is 0. The van der Waals surface area contributed by atoms with E-state index in [1.54, 1.807) is 0 Å². The first kappa shape index (κ1) is 14.3. The van der Waals surface area contributed by atoms with Gasteiger partial charge in [-0.1, -0.05) is 12.8 Å². The number of carboxylic acid groups (broad SMARTS) is 1. The van der Waals surface area contributed by atoms with Crippen LogP contribution < -0.4 is 10.6 Å². The van der Waals surface area contributed by atoms with E-state index in [1.807, 2.05) is 0 Å². The van der Waals surface area contributed by atoms with Crippen molar-refractivity contribution in [1.82, 2.24) is 15.5 Å². The summed E-state index contributed by atoms with van der Waals surface area (Å²) in [5.41, 5.74) is -1.01. The average Bonchev–Trinajstić information content (AvgIpc) is 2.68. The molecule has 19 heavy (non-hydrogen) atoms. The fraction of sp³-hybridized carbons (Fsp3) is 0.846. The molecule has 0 spiro atoms. The molecule has 2 fully saturated rings. The molecule has 1 aliphatic carbocycles. The molecule has 3 N–H and O–H groups in total. The highest BCUT2D eigenvalue weighted by Crippen LogP contribution is 2.29. The first-order chi connectivity index (χ1) is 9.12. The Morgan fingerprint density at radius 3 is 2.58 bits per heavy atom. The average molecular weight is 269 g/mol. The normalized spacial score (nSPS) is 23.8. The van der Waals surface area contributed by atoms with Gasteiger partial charge in [0, 0.05) is 13.1 Å². The predicted molar refractivity (Wildman–Crippen MR) is 70.9 cm³/mol. The minimum Gasteiger partial charge on any atom is -0.480 e.